The molecule has 0 aliphatic carbocycles. The van der Waals surface area contributed by atoms with Crippen LogP contribution < -0.4 is 20.1 Å². The molecule has 2 N–H and O–H groups in total. The zero-order valence-corrected chi connectivity index (χ0v) is 11.6. The van der Waals surface area contributed by atoms with Crippen LogP contribution in [0.3, 0.4) is 0 Å². The molecule has 19 heavy (non-hydrogen) atoms. The molecule has 5 nitrogen and oxygen atoms in total. The van der Waals surface area contributed by atoms with E-state index in [1.165, 1.54) is 0 Å². The van der Waals surface area contributed by atoms with Crippen molar-refractivity contribution in [1.29, 1.82) is 0 Å². The summed E-state index contributed by atoms with van der Waals surface area (Å²) in [7, 11) is 1.57. The van der Waals surface area contributed by atoms with Crippen molar-refractivity contribution in [2.24, 2.45) is 0 Å². The first kappa shape index (κ1) is 15.3. The Morgan fingerprint density at radius 2 is 1.89 bits per heavy atom. The van der Waals surface area contributed by atoms with Gasteiger partial charge in [0, 0.05) is 13.1 Å². The van der Waals surface area contributed by atoms with Crippen molar-refractivity contribution in [3.05, 3.63) is 24.3 Å². The molecule has 1 amide bonds. The summed E-state index contributed by atoms with van der Waals surface area (Å²) in [5, 5.41) is 5.99. The van der Waals surface area contributed by atoms with Gasteiger partial charge in [-0.25, -0.2) is 0 Å². The number of carbonyl (C=O) groups is 1. The highest BCUT2D eigenvalue weighted by molar-refractivity contribution is 5.77. The molecule has 5 heteroatoms. The van der Waals surface area contributed by atoms with Crippen LogP contribution in [-0.2, 0) is 4.79 Å². The van der Waals surface area contributed by atoms with E-state index in [4.69, 9.17) is 9.47 Å². The third kappa shape index (κ3) is 6.10. The van der Waals surface area contributed by atoms with Crippen molar-refractivity contribution < 1.29 is 14.3 Å². The fourth-order valence-electron chi connectivity index (χ4n) is 1.52. The molecular formula is C14H22N2O3. The average molecular weight is 266 g/mol. The predicted octanol–water partition coefficient (Wildman–Crippen LogP) is 1.19. The third-order valence-electron chi connectivity index (χ3n) is 2.48. The molecule has 106 valence electrons. The summed E-state index contributed by atoms with van der Waals surface area (Å²) in [6.07, 6.45) is 1.09. The lowest BCUT2D eigenvalue weighted by atomic mass is 10.3. The van der Waals surface area contributed by atoms with Gasteiger partial charge in [0.25, 0.3) is 5.91 Å². The highest BCUT2D eigenvalue weighted by atomic mass is 16.5. The molecule has 0 unspecified atom stereocenters. The Labute approximate surface area is 114 Å². The lowest BCUT2D eigenvalue weighted by Gasteiger charge is -2.10. The van der Waals surface area contributed by atoms with Crippen molar-refractivity contribution >= 4 is 5.91 Å². The Morgan fingerprint density at radius 1 is 1.16 bits per heavy atom. The number of carbonyl (C=O) groups excluding carboxylic acids is 1. The number of methoxy groups -OCH3 is 1. The largest absolute Gasteiger partial charge is 0.493 e. The standard InChI is InChI=1S/C14H22N2O3/c1-3-8-15-9-10-16-14(17)11-19-13-7-5-4-6-12(13)18-2/h4-7,15H,3,8-11H2,1-2H3,(H,16,17). The van der Waals surface area contributed by atoms with Crippen LogP contribution >= 0.6 is 0 Å². The summed E-state index contributed by atoms with van der Waals surface area (Å²) >= 11 is 0. The molecule has 0 radical (unpaired) electrons. The molecule has 0 bridgehead atoms. The molecule has 0 aliphatic heterocycles. The fraction of sp³-hybridized carbons (Fsp3) is 0.500. The number of amides is 1. The highest BCUT2D eigenvalue weighted by Gasteiger charge is 2.05. The van der Waals surface area contributed by atoms with Gasteiger partial charge in [0.1, 0.15) is 0 Å². The quantitative estimate of drug-likeness (QED) is 0.659. The van der Waals surface area contributed by atoms with E-state index in [1.807, 2.05) is 12.1 Å². The van der Waals surface area contributed by atoms with Crippen LogP contribution in [0.1, 0.15) is 13.3 Å². The van der Waals surface area contributed by atoms with E-state index >= 15 is 0 Å². The molecule has 0 fully saturated rings. The van der Waals surface area contributed by atoms with Crippen LogP contribution in [-0.4, -0.2) is 39.3 Å². The van der Waals surface area contributed by atoms with Crippen LogP contribution in [0.5, 0.6) is 11.5 Å². The molecule has 0 saturated heterocycles. The minimum absolute atomic E-state index is 0.00580. The zero-order chi connectivity index (χ0) is 13.9. The van der Waals surface area contributed by atoms with Crippen molar-refractivity contribution in [1.82, 2.24) is 10.6 Å². The van der Waals surface area contributed by atoms with Crippen LogP contribution in [0.15, 0.2) is 24.3 Å². The number of hydrogen-bond donors (Lipinski definition) is 2. The van der Waals surface area contributed by atoms with E-state index in [1.54, 1.807) is 19.2 Å². The number of nitrogens with one attached hydrogen (secondary N) is 2. The summed E-state index contributed by atoms with van der Waals surface area (Å²) in [5.41, 5.74) is 0. The van der Waals surface area contributed by atoms with E-state index in [2.05, 4.69) is 17.6 Å². The summed E-state index contributed by atoms with van der Waals surface area (Å²) < 4.78 is 10.5. The molecule has 0 heterocycles. The Bertz CT molecular complexity index is 383. The SMILES string of the molecule is CCCNCCNC(=O)COc1ccccc1OC. The van der Waals surface area contributed by atoms with Gasteiger partial charge < -0.3 is 20.1 Å². The van der Waals surface area contributed by atoms with Crippen LogP contribution in [0, 0.1) is 0 Å². The van der Waals surface area contributed by atoms with Crippen molar-refractivity contribution in [2.75, 3.05) is 33.4 Å². The van der Waals surface area contributed by atoms with Gasteiger partial charge in [-0.05, 0) is 25.1 Å². The van der Waals surface area contributed by atoms with E-state index in [0.717, 1.165) is 19.5 Å². The molecule has 0 spiro atoms. The van der Waals surface area contributed by atoms with Crippen LogP contribution in [0.25, 0.3) is 0 Å². The first-order valence-electron chi connectivity index (χ1n) is 6.51. The minimum Gasteiger partial charge on any atom is -0.493 e. The van der Waals surface area contributed by atoms with E-state index in [-0.39, 0.29) is 12.5 Å². The summed E-state index contributed by atoms with van der Waals surface area (Å²) in [4.78, 5) is 11.5. The lowest BCUT2D eigenvalue weighted by Crippen LogP contribution is -2.35. The van der Waals surface area contributed by atoms with Crippen LogP contribution in [0.2, 0.25) is 0 Å². The molecule has 0 aromatic heterocycles. The van der Waals surface area contributed by atoms with Gasteiger partial charge in [-0.1, -0.05) is 19.1 Å². The van der Waals surface area contributed by atoms with Crippen molar-refractivity contribution in [3.63, 3.8) is 0 Å². The fourth-order valence-corrected chi connectivity index (χ4v) is 1.52. The average Bonchev–Trinajstić information content (AvgIpc) is 2.45. The molecule has 0 atom stereocenters. The smallest absolute Gasteiger partial charge is 0.257 e. The van der Waals surface area contributed by atoms with Gasteiger partial charge in [0.05, 0.1) is 7.11 Å². The summed E-state index contributed by atoms with van der Waals surface area (Å²) in [6.45, 7) is 4.44. The first-order chi connectivity index (χ1) is 9.27. The number of hydrogen-bond acceptors (Lipinski definition) is 4. The Hall–Kier alpha value is -1.75. The predicted molar refractivity (Wildman–Crippen MR) is 74.7 cm³/mol. The Morgan fingerprint density at radius 3 is 2.58 bits per heavy atom. The van der Waals surface area contributed by atoms with Gasteiger partial charge in [-0.3, -0.25) is 4.79 Å². The number of ether oxygens (including phenoxy) is 2. The van der Waals surface area contributed by atoms with E-state index < -0.39 is 0 Å². The van der Waals surface area contributed by atoms with Gasteiger partial charge in [0.15, 0.2) is 18.1 Å². The topological polar surface area (TPSA) is 59.6 Å². The van der Waals surface area contributed by atoms with E-state index in [0.29, 0.717) is 18.0 Å². The third-order valence-corrected chi connectivity index (χ3v) is 2.48. The minimum atomic E-state index is -0.135. The van der Waals surface area contributed by atoms with Gasteiger partial charge in [0.2, 0.25) is 0 Å². The molecule has 1 aromatic carbocycles. The van der Waals surface area contributed by atoms with Crippen molar-refractivity contribution in [3.8, 4) is 11.5 Å². The molecule has 0 saturated carbocycles. The first-order valence-corrected chi connectivity index (χ1v) is 6.51. The maximum Gasteiger partial charge on any atom is 0.257 e. The molecule has 1 rings (SSSR count). The van der Waals surface area contributed by atoms with Crippen molar-refractivity contribution in [2.45, 2.75) is 13.3 Å². The Balaban J connectivity index is 2.22. The molecule has 0 aliphatic rings. The van der Waals surface area contributed by atoms with Gasteiger partial charge in [-0.15, -0.1) is 0 Å². The van der Waals surface area contributed by atoms with Gasteiger partial charge >= 0.3 is 0 Å². The highest BCUT2D eigenvalue weighted by Crippen LogP contribution is 2.25. The number of benzene rings is 1. The summed E-state index contributed by atoms with van der Waals surface area (Å²) in [5.74, 6) is 1.06. The number of rotatable bonds is 9. The van der Waals surface area contributed by atoms with E-state index in [9.17, 15) is 4.79 Å². The molecule has 1 aromatic rings. The van der Waals surface area contributed by atoms with Crippen LogP contribution in [0.4, 0.5) is 0 Å². The zero-order valence-electron chi connectivity index (χ0n) is 11.6. The maximum atomic E-state index is 11.5. The normalized spacial score (nSPS) is 10.0. The Kier molecular flexibility index (Phi) is 7.43. The van der Waals surface area contributed by atoms with Gasteiger partial charge in [-0.2, -0.15) is 0 Å². The lowest BCUT2D eigenvalue weighted by molar-refractivity contribution is -0.123. The number of para-hydroxylation sites is 2. The maximum absolute atomic E-state index is 11.5. The second-order valence-corrected chi connectivity index (χ2v) is 4.04. The molecular weight excluding hydrogens is 244 g/mol. The second-order valence-electron chi connectivity index (χ2n) is 4.04. The second kappa shape index (κ2) is 9.22. The summed E-state index contributed by atoms with van der Waals surface area (Å²) in [6, 6.07) is 7.26. The monoisotopic (exact) mass is 266 g/mol.